The largest absolute Gasteiger partial charge is 0.385 e. The van der Waals surface area contributed by atoms with Gasteiger partial charge in [0, 0.05) is 13.7 Å². The van der Waals surface area contributed by atoms with Crippen molar-refractivity contribution in [2.45, 2.75) is 38.6 Å². The number of nitrogens with zero attached hydrogens (tertiary/aromatic N) is 1. The molecule has 0 fully saturated rings. The van der Waals surface area contributed by atoms with Crippen molar-refractivity contribution in [1.82, 2.24) is 5.32 Å². The molecule has 13 heavy (non-hydrogen) atoms. The zero-order valence-electron chi connectivity index (χ0n) is 8.68. The van der Waals surface area contributed by atoms with E-state index in [2.05, 4.69) is 11.4 Å². The zero-order chi connectivity index (χ0) is 9.94. The van der Waals surface area contributed by atoms with Crippen molar-refractivity contribution in [3.8, 4) is 6.07 Å². The quantitative estimate of drug-likeness (QED) is 0.584. The highest BCUT2D eigenvalue weighted by atomic mass is 16.5. The Balaban J connectivity index is 3.11. The minimum absolute atomic E-state index is 0.0300. The molecule has 0 rings (SSSR count). The van der Waals surface area contributed by atoms with E-state index in [9.17, 15) is 0 Å². The summed E-state index contributed by atoms with van der Waals surface area (Å²) in [6.45, 7) is 3.80. The molecule has 0 bridgehead atoms. The van der Waals surface area contributed by atoms with Gasteiger partial charge in [0.25, 0.3) is 0 Å². The number of methoxy groups -OCH3 is 1. The summed E-state index contributed by atoms with van der Waals surface area (Å²) in [5.41, 5.74) is 0. The van der Waals surface area contributed by atoms with Crippen molar-refractivity contribution in [2.75, 3.05) is 20.3 Å². The van der Waals surface area contributed by atoms with E-state index < -0.39 is 0 Å². The van der Waals surface area contributed by atoms with Crippen molar-refractivity contribution < 1.29 is 4.74 Å². The average Bonchev–Trinajstić information content (AvgIpc) is 2.17. The molecule has 0 radical (unpaired) electrons. The highest BCUT2D eigenvalue weighted by Gasteiger charge is 2.00. The molecule has 1 atom stereocenters. The molecule has 0 aromatic rings. The number of nitrogens with one attached hydrogen (secondary N) is 1. The molecule has 0 aliphatic carbocycles. The molecule has 3 nitrogen and oxygen atoms in total. The monoisotopic (exact) mass is 184 g/mol. The smallest absolute Gasteiger partial charge is 0.0950 e. The summed E-state index contributed by atoms with van der Waals surface area (Å²) < 4.78 is 4.94. The standard InChI is InChI=1S/C10H20N2O/c1-3-10(9-11)12-7-5-4-6-8-13-2/h10,12H,3-8H2,1-2H3. The summed E-state index contributed by atoms with van der Waals surface area (Å²) in [6, 6.07) is 2.25. The van der Waals surface area contributed by atoms with Gasteiger partial charge in [-0.25, -0.2) is 0 Å². The van der Waals surface area contributed by atoms with Gasteiger partial charge in [0.05, 0.1) is 12.1 Å². The normalized spacial score (nSPS) is 12.4. The molecule has 0 aliphatic heterocycles. The lowest BCUT2D eigenvalue weighted by atomic mass is 10.2. The van der Waals surface area contributed by atoms with Gasteiger partial charge in [-0.15, -0.1) is 0 Å². The van der Waals surface area contributed by atoms with Crippen molar-refractivity contribution in [3.05, 3.63) is 0 Å². The molecule has 0 saturated heterocycles. The lowest BCUT2D eigenvalue weighted by molar-refractivity contribution is 0.192. The van der Waals surface area contributed by atoms with E-state index in [0.717, 1.165) is 32.4 Å². The predicted octanol–water partition coefficient (Wildman–Crippen LogP) is 1.69. The second-order valence-electron chi connectivity index (χ2n) is 3.10. The van der Waals surface area contributed by atoms with Crippen LogP contribution in [0.1, 0.15) is 32.6 Å². The van der Waals surface area contributed by atoms with Crippen LogP contribution in [-0.2, 0) is 4.74 Å². The highest BCUT2D eigenvalue weighted by Crippen LogP contribution is 1.95. The number of nitriles is 1. The van der Waals surface area contributed by atoms with Crippen molar-refractivity contribution >= 4 is 0 Å². The fourth-order valence-corrected chi connectivity index (χ4v) is 1.11. The predicted molar refractivity (Wildman–Crippen MR) is 53.4 cm³/mol. The molecule has 0 saturated carbocycles. The van der Waals surface area contributed by atoms with Gasteiger partial charge in [0.15, 0.2) is 0 Å². The van der Waals surface area contributed by atoms with E-state index in [4.69, 9.17) is 10.00 Å². The summed E-state index contributed by atoms with van der Waals surface area (Å²) in [6.07, 6.45) is 4.29. The van der Waals surface area contributed by atoms with Crippen LogP contribution in [0, 0.1) is 11.3 Å². The van der Waals surface area contributed by atoms with Crippen LogP contribution in [0.4, 0.5) is 0 Å². The Morgan fingerprint density at radius 2 is 2.15 bits per heavy atom. The number of hydrogen-bond donors (Lipinski definition) is 1. The van der Waals surface area contributed by atoms with Crippen LogP contribution in [0.15, 0.2) is 0 Å². The third-order valence-corrected chi connectivity index (χ3v) is 1.98. The first-order chi connectivity index (χ1) is 6.35. The van der Waals surface area contributed by atoms with Gasteiger partial charge >= 0.3 is 0 Å². The molecular formula is C10H20N2O. The molecule has 1 unspecified atom stereocenters. The fourth-order valence-electron chi connectivity index (χ4n) is 1.11. The number of ether oxygens (including phenoxy) is 1. The number of unbranched alkanes of at least 4 members (excludes halogenated alkanes) is 2. The third kappa shape index (κ3) is 7.76. The molecule has 0 aliphatic rings. The molecular weight excluding hydrogens is 164 g/mol. The number of hydrogen-bond acceptors (Lipinski definition) is 3. The van der Waals surface area contributed by atoms with Gasteiger partial charge < -0.3 is 10.1 Å². The molecule has 0 aromatic carbocycles. The molecule has 0 aromatic heterocycles. The van der Waals surface area contributed by atoms with Crippen molar-refractivity contribution in [3.63, 3.8) is 0 Å². The Labute approximate surface area is 81.1 Å². The zero-order valence-corrected chi connectivity index (χ0v) is 8.68. The first kappa shape index (κ1) is 12.4. The van der Waals surface area contributed by atoms with Gasteiger partial charge in [-0.3, -0.25) is 0 Å². The first-order valence-corrected chi connectivity index (χ1v) is 4.97. The maximum absolute atomic E-state index is 8.63. The average molecular weight is 184 g/mol. The minimum atomic E-state index is 0.0300. The van der Waals surface area contributed by atoms with Gasteiger partial charge in [0.1, 0.15) is 0 Å². The van der Waals surface area contributed by atoms with E-state index in [1.165, 1.54) is 6.42 Å². The fraction of sp³-hybridized carbons (Fsp3) is 0.900. The molecule has 0 amide bonds. The second kappa shape index (κ2) is 9.50. The second-order valence-corrected chi connectivity index (χ2v) is 3.10. The van der Waals surface area contributed by atoms with Crippen molar-refractivity contribution in [1.29, 1.82) is 5.26 Å². The van der Waals surface area contributed by atoms with E-state index >= 15 is 0 Å². The van der Waals surface area contributed by atoms with Gasteiger partial charge in [-0.1, -0.05) is 6.92 Å². The van der Waals surface area contributed by atoms with Gasteiger partial charge in [-0.05, 0) is 32.2 Å². The Bertz CT molecular complexity index is 142. The summed E-state index contributed by atoms with van der Waals surface area (Å²) >= 11 is 0. The van der Waals surface area contributed by atoms with Crippen LogP contribution in [0.2, 0.25) is 0 Å². The van der Waals surface area contributed by atoms with Crippen LogP contribution in [0.25, 0.3) is 0 Å². The van der Waals surface area contributed by atoms with Crippen LogP contribution in [0.3, 0.4) is 0 Å². The Morgan fingerprint density at radius 3 is 2.69 bits per heavy atom. The first-order valence-electron chi connectivity index (χ1n) is 4.97. The molecule has 1 N–H and O–H groups in total. The third-order valence-electron chi connectivity index (χ3n) is 1.98. The van der Waals surface area contributed by atoms with Gasteiger partial charge in [0.2, 0.25) is 0 Å². The molecule has 0 heterocycles. The lowest BCUT2D eigenvalue weighted by Gasteiger charge is -2.07. The lowest BCUT2D eigenvalue weighted by Crippen LogP contribution is -2.27. The number of rotatable bonds is 8. The summed E-state index contributed by atoms with van der Waals surface area (Å²) in [5.74, 6) is 0. The summed E-state index contributed by atoms with van der Waals surface area (Å²) in [5, 5.41) is 11.8. The van der Waals surface area contributed by atoms with E-state index in [0.29, 0.717) is 0 Å². The van der Waals surface area contributed by atoms with Crippen LogP contribution in [0.5, 0.6) is 0 Å². The highest BCUT2D eigenvalue weighted by molar-refractivity contribution is 4.87. The molecule has 3 heteroatoms. The topological polar surface area (TPSA) is 45.0 Å². The summed E-state index contributed by atoms with van der Waals surface area (Å²) in [7, 11) is 1.72. The molecule has 0 spiro atoms. The minimum Gasteiger partial charge on any atom is -0.385 e. The van der Waals surface area contributed by atoms with E-state index in [-0.39, 0.29) is 6.04 Å². The Hall–Kier alpha value is -0.590. The Kier molecular flexibility index (Phi) is 9.07. The molecule has 76 valence electrons. The Morgan fingerprint density at radius 1 is 1.38 bits per heavy atom. The van der Waals surface area contributed by atoms with E-state index in [1.54, 1.807) is 7.11 Å². The maximum atomic E-state index is 8.63. The van der Waals surface area contributed by atoms with Crippen LogP contribution in [-0.4, -0.2) is 26.3 Å². The van der Waals surface area contributed by atoms with Crippen molar-refractivity contribution in [2.24, 2.45) is 0 Å². The van der Waals surface area contributed by atoms with Crippen LogP contribution < -0.4 is 5.32 Å². The van der Waals surface area contributed by atoms with Gasteiger partial charge in [-0.2, -0.15) is 5.26 Å². The maximum Gasteiger partial charge on any atom is 0.0950 e. The summed E-state index contributed by atoms with van der Waals surface area (Å²) in [4.78, 5) is 0. The SMILES string of the molecule is CCC(C#N)NCCCCCOC. The van der Waals surface area contributed by atoms with Crippen LogP contribution >= 0.6 is 0 Å². The van der Waals surface area contributed by atoms with E-state index in [1.807, 2.05) is 6.92 Å².